The first-order chi connectivity index (χ1) is 7.04. The molecule has 2 nitrogen and oxygen atoms in total. The molecular weight excluding hydrogens is 193 g/mol. The van der Waals surface area contributed by atoms with E-state index < -0.39 is 0 Å². The Labute approximate surface area is 110 Å². The largest absolute Gasteiger partial charge is 1.00 e. The predicted octanol–water partition coefficient (Wildman–Crippen LogP) is -0.250. The van der Waals surface area contributed by atoms with Crippen molar-refractivity contribution in [3.05, 3.63) is 35.9 Å². The van der Waals surface area contributed by atoms with Crippen molar-refractivity contribution in [2.45, 2.75) is 39.8 Å². The van der Waals surface area contributed by atoms with Crippen LogP contribution in [0.25, 0.3) is 0 Å². The van der Waals surface area contributed by atoms with Gasteiger partial charge in [0.05, 0.1) is 0 Å². The number of carbonyl (C=O) groups excluding carboxylic acids is 1. The first-order valence-corrected chi connectivity index (χ1v) is 5.33. The minimum atomic E-state index is 0. The maximum Gasteiger partial charge on any atom is 1.00 e. The molecule has 0 unspecified atom stereocenters. The molecule has 16 heavy (non-hydrogen) atoms. The molecule has 0 saturated heterocycles. The first-order valence-electron chi connectivity index (χ1n) is 5.33. The molecule has 0 saturated carbocycles. The summed E-state index contributed by atoms with van der Waals surface area (Å²) in [5.74, 6) is 0.0561. The van der Waals surface area contributed by atoms with E-state index in [0.29, 0.717) is 5.56 Å². The van der Waals surface area contributed by atoms with Crippen molar-refractivity contribution in [1.82, 2.24) is 4.90 Å². The van der Waals surface area contributed by atoms with Crippen molar-refractivity contribution < 1.29 is 23.7 Å². The summed E-state index contributed by atoms with van der Waals surface area (Å²) in [6.45, 7) is 8.11. The summed E-state index contributed by atoms with van der Waals surface area (Å²) in [6.07, 6.45) is 0. The number of hydrogen-bond acceptors (Lipinski definition) is 1. The normalized spacial score (nSPS) is 10.1. The van der Waals surface area contributed by atoms with Crippen LogP contribution in [0.15, 0.2) is 24.3 Å². The standard InChI is InChI=1S/C13H18NO.Li/c1-10(2)14(11(3)4)13(15)12-8-6-5-7-9-12;/h5-8,10-11H,1-4H3;/q-1;+1. The second kappa shape index (κ2) is 6.78. The van der Waals surface area contributed by atoms with Crippen molar-refractivity contribution in [2.75, 3.05) is 0 Å². The third-order valence-corrected chi connectivity index (χ3v) is 2.29. The molecule has 0 heterocycles. The van der Waals surface area contributed by atoms with Gasteiger partial charge in [-0.3, -0.25) is 0 Å². The van der Waals surface area contributed by atoms with E-state index in [-0.39, 0.29) is 36.9 Å². The molecule has 0 fully saturated rings. The molecule has 0 aliphatic carbocycles. The Balaban J connectivity index is 0.00000225. The minimum Gasteiger partial charge on any atom is -0.374 e. The van der Waals surface area contributed by atoms with Crippen LogP contribution in [0.3, 0.4) is 0 Å². The van der Waals surface area contributed by atoms with Gasteiger partial charge in [0.2, 0.25) is 0 Å². The molecule has 3 heteroatoms. The molecule has 0 aromatic heterocycles. The summed E-state index contributed by atoms with van der Waals surface area (Å²) in [4.78, 5) is 14.0. The van der Waals surface area contributed by atoms with Gasteiger partial charge in [-0.05, 0) is 27.7 Å². The summed E-state index contributed by atoms with van der Waals surface area (Å²) >= 11 is 0. The van der Waals surface area contributed by atoms with Gasteiger partial charge in [0.1, 0.15) is 0 Å². The number of rotatable bonds is 3. The van der Waals surface area contributed by atoms with E-state index in [1.54, 1.807) is 12.1 Å². The molecule has 1 aromatic carbocycles. The molecule has 0 bridgehead atoms. The molecule has 0 atom stereocenters. The van der Waals surface area contributed by atoms with Crippen LogP contribution in [0.2, 0.25) is 0 Å². The molecule has 1 aromatic rings. The molecule has 0 N–H and O–H groups in total. The molecule has 0 radical (unpaired) electrons. The van der Waals surface area contributed by atoms with E-state index >= 15 is 0 Å². The van der Waals surface area contributed by atoms with Crippen LogP contribution >= 0.6 is 0 Å². The quantitative estimate of drug-likeness (QED) is 0.499. The van der Waals surface area contributed by atoms with Crippen LogP contribution in [-0.2, 0) is 0 Å². The van der Waals surface area contributed by atoms with Gasteiger partial charge in [0, 0.05) is 12.1 Å². The third kappa shape index (κ3) is 3.70. The monoisotopic (exact) mass is 211 g/mol. The molecule has 1 rings (SSSR count). The van der Waals surface area contributed by atoms with Crippen LogP contribution in [0.1, 0.15) is 38.1 Å². The van der Waals surface area contributed by atoms with Gasteiger partial charge in [0.15, 0.2) is 5.91 Å². The van der Waals surface area contributed by atoms with Gasteiger partial charge >= 0.3 is 18.9 Å². The maximum absolute atomic E-state index is 12.1. The molecule has 0 aliphatic rings. The van der Waals surface area contributed by atoms with Crippen LogP contribution in [0.4, 0.5) is 0 Å². The number of nitrogens with zero attached hydrogens (tertiary/aromatic N) is 1. The SMILES string of the molecule is CC(C)N(C(=O)c1[c-]cccc1)C(C)C.[Li+]. The molecular formula is C13H18LiNO. The van der Waals surface area contributed by atoms with Gasteiger partial charge < -0.3 is 9.69 Å². The fourth-order valence-corrected chi connectivity index (χ4v) is 1.73. The van der Waals surface area contributed by atoms with Gasteiger partial charge in [-0.25, -0.2) is 0 Å². The van der Waals surface area contributed by atoms with Crippen molar-refractivity contribution >= 4 is 5.91 Å². The zero-order valence-electron chi connectivity index (χ0n) is 10.8. The summed E-state index contributed by atoms with van der Waals surface area (Å²) in [7, 11) is 0. The van der Waals surface area contributed by atoms with Gasteiger partial charge in [-0.2, -0.15) is 0 Å². The second-order valence-corrected chi connectivity index (χ2v) is 4.18. The predicted molar refractivity (Wildman–Crippen MR) is 61.7 cm³/mol. The summed E-state index contributed by atoms with van der Waals surface area (Å²) < 4.78 is 0. The number of benzene rings is 1. The van der Waals surface area contributed by atoms with Crippen molar-refractivity contribution in [1.29, 1.82) is 0 Å². The van der Waals surface area contributed by atoms with E-state index in [9.17, 15) is 4.79 Å². The van der Waals surface area contributed by atoms with E-state index in [2.05, 4.69) is 6.07 Å². The third-order valence-electron chi connectivity index (χ3n) is 2.29. The number of carbonyl (C=O) groups is 1. The van der Waals surface area contributed by atoms with Crippen molar-refractivity contribution in [3.8, 4) is 0 Å². The van der Waals surface area contributed by atoms with Gasteiger partial charge in [0.25, 0.3) is 0 Å². The van der Waals surface area contributed by atoms with Gasteiger partial charge in [-0.1, -0.05) is 5.56 Å². The average molecular weight is 211 g/mol. The zero-order chi connectivity index (χ0) is 11.4. The van der Waals surface area contributed by atoms with Crippen LogP contribution in [0, 0.1) is 6.07 Å². The maximum atomic E-state index is 12.1. The Kier molecular flexibility index (Phi) is 6.48. The second-order valence-electron chi connectivity index (χ2n) is 4.18. The fraction of sp³-hybridized carbons (Fsp3) is 0.462. The Bertz CT molecular complexity index is 314. The molecule has 0 spiro atoms. The summed E-state index contributed by atoms with van der Waals surface area (Å²) in [5, 5.41) is 0. The van der Waals surface area contributed by atoms with Crippen LogP contribution < -0.4 is 18.9 Å². The molecule has 82 valence electrons. The average Bonchev–Trinajstić information content (AvgIpc) is 2.18. The van der Waals surface area contributed by atoms with Crippen molar-refractivity contribution in [3.63, 3.8) is 0 Å². The first kappa shape index (κ1) is 15.3. The summed E-state index contributed by atoms with van der Waals surface area (Å²) in [5.41, 5.74) is 0.639. The number of hydrogen-bond donors (Lipinski definition) is 0. The van der Waals surface area contributed by atoms with Crippen LogP contribution in [-0.4, -0.2) is 22.9 Å². The Morgan fingerprint density at radius 2 is 1.75 bits per heavy atom. The van der Waals surface area contributed by atoms with E-state index in [1.807, 2.05) is 44.7 Å². The molecule has 1 amide bonds. The van der Waals surface area contributed by atoms with Crippen molar-refractivity contribution in [2.24, 2.45) is 0 Å². The van der Waals surface area contributed by atoms with E-state index in [4.69, 9.17) is 0 Å². The Morgan fingerprint density at radius 3 is 2.12 bits per heavy atom. The Morgan fingerprint density at radius 1 is 1.19 bits per heavy atom. The van der Waals surface area contributed by atoms with E-state index in [0.717, 1.165) is 0 Å². The minimum absolute atomic E-state index is 0. The number of amides is 1. The van der Waals surface area contributed by atoms with E-state index in [1.165, 1.54) is 0 Å². The summed E-state index contributed by atoms with van der Waals surface area (Å²) in [6, 6.07) is 10.7. The topological polar surface area (TPSA) is 20.3 Å². The smallest absolute Gasteiger partial charge is 0.374 e. The zero-order valence-corrected chi connectivity index (χ0v) is 10.8. The van der Waals surface area contributed by atoms with Crippen LogP contribution in [0.5, 0.6) is 0 Å². The molecule has 0 aliphatic heterocycles. The Hall–Kier alpha value is -0.713. The fourth-order valence-electron chi connectivity index (χ4n) is 1.73. The van der Waals surface area contributed by atoms with Gasteiger partial charge in [-0.15, -0.1) is 30.3 Å².